The third kappa shape index (κ3) is 2.74. The number of ether oxygens (including phenoxy) is 1. The maximum absolute atomic E-state index is 13.0. The average Bonchev–Trinajstić information content (AvgIpc) is 2.36. The van der Waals surface area contributed by atoms with E-state index in [2.05, 4.69) is 9.72 Å². The Morgan fingerprint density at radius 1 is 1.67 bits per heavy atom. The topological polar surface area (TPSA) is 63.0 Å². The highest BCUT2D eigenvalue weighted by Gasteiger charge is 2.26. The second-order valence-corrected chi connectivity index (χ2v) is 3.45. The number of hydrogen-bond acceptors (Lipinski definition) is 4. The summed E-state index contributed by atoms with van der Waals surface area (Å²) in [5.41, 5.74) is -1.44. The minimum Gasteiger partial charge on any atom is -0.461 e. The lowest BCUT2D eigenvalue weighted by Crippen LogP contribution is -2.13. The van der Waals surface area contributed by atoms with Gasteiger partial charge in [0.25, 0.3) is 6.43 Å². The number of nitriles is 1. The van der Waals surface area contributed by atoms with E-state index in [0.717, 1.165) is 6.20 Å². The highest BCUT2D eigenvalue weighted by molar-refractivity contribution is 6.17. The van der Waals surface area contributed by atoms with Crippen molar-refractivity contribution in [1.82, 2.24) is 4.98 Å². The molecule has 0 spiro atoms. The van der Waals surface area contributed by atoms with E-state index >= 15 is 0 Å². The summed E-state index contributed by atoms with van der Waals surface area (Å²) in [7, 11) is 0. The molecule has 0 aliphatic carbocycles. The highest BCUT2D eigenvalue weighted by atomic mass is 35.5. The molecule has 96 valence electrons. The normalized spacial score (nSPS) is 10.2. The molecule has 0 radical (unpaired) electrons. The first-order chi connectivity index (χ1) is 8.56. The van der Waals surface area contributed by atoms with E-state index in [1.54, 1.807) is 6.07 Å². The lowest BCUT2D eigenvalue weighted by atomic mass is 10.0. The number of hydrogen-bond donors (Lipinski definition) is 0. The smallest absolute Gasteiger partial charge is 0.357 e. The molecule has 0 N–H and O–H groups in total. The molecule has 0 bridgehead atoms. The first kappa shape index (κ1) is 14.3. The van der Waals surface area contributed by atoms with Gasteiger partial charge in [0, 0.05) is 11.8 Å². The summed E-state index contributed by atoms with van der Waals surface area (Å²) < 4.78 is 30.5. The number of carbonyl (C=O) groups is 1. The standard InChI is InChI=1S/C11H9ClF2N2O2/c1-2-18-11(17)9-8(10(13)14)7(4-15)6(3-12)5-16-9/h5,10H,2-3H2,1H3. The number of nitrogens with zero attached hydrogens (tertiary/aromatic N) is 2. The molecule has 0 aliphatic rings. The first-order valence-electron chi connectivity index (χ1n) is 4.99. The second-order valence-electron chi connectivity index (χ2n) is 3.19. The van der Waals surface area contributed by atoms with Crippen LogP contribution in [0.3, 0.4) is 0 Å². The molecule has 0 amide bonds. The molecule has 0 saturated heterocycles. The fraction of sp³-hybridized carbons (Fsp3) is 0.364. The van der Waals surface area contributed by atoms with Crippen LogP contribution in [0.25, 0.3) is 0 Å². The molecule has 1 aromatic heterocycles. The Bertz CT molecular complexity index is 501. The second kappa shape index (κ2) is 6.26. The number of pyridine rings is 1. The maximum atomic E-state index is 13.0. The molecular weight excluding hydrogens is 266 g/mol. The monoisotopic (exact) mass is 274 g/mol. The Kier molecular flexibility index (Phi) is 4.98. The number of halogens is 3. The molecule has 0 unspecified atom stereocenters. The van der Waals surface area contributed by atoms with Gasteiger partial charge in [-0.2, -0.15) is 5.26 Å². The van der Waals surface area contributed by atoms with Crippen LogP contribution in [-0.2, 0) is 10.6 Å². The first-order valence-corrected chi connectivity index (χ1v) is 5.53. The Morgan fingerprint density at radius 3 is 2.78 bits per heavy atom. The van der Waals surface area contributed by atoms with Crippen molar-refractivity contribution in [3.05, 3.63) is 28.6 Å². The number of carbonyl (C=O) groups excluding carboxylic acids is 1. The van der Waals surface area contributed by atoms with Gasteiger partial charge in [-0.05, 0) is 6.92 Å². The van der Waals surface area contributed by atoms with Gasteiger partial charge in [-0.3, -0.25) is 0 Å². The van der Waals surface area contributed by atoms with Crippen LogP contribution in [0.15, 0.2) is 6.20 Å². The predicted molar refractivity (Wildman–Crippen MR) is 59.4 cm³/mol. The van der Waals surface area contributed by atoms with Crippen LogP contribution in [0.5, 0.6) is 0 Å². The van der Waals surface area contributed by atoms with Crippen LogP contribution in [0, 0.1) is 11.3 Å². The van der Waals surface area contributed by atoms with Crippen molar-refractivity contribution in [2.75, 3.05) is 6.61 Å². The van der Waals surface area contributed by atoms with Crippen molar-refractivity contribution in [1.29, 1.82) is 5.26 Å². The highest BCUT2D eigenvalue weighted by Crippen LogP contribution is 2.28. The number of esters is 1. The van der Waals surface area contributed by atoms with Gasteiger partial charge in [0.05, 0.1) is 23.6 Å². The van der Waals surface area contributed by atoms with Crippen molar-refractivity contribution < 1.29 is 18.3 Å². The molecule has 0 aliphatic heterocycles. The summed E-state index contributed by atoms with van der Waals surface area (Å²) >= 11 is 5.53. The molecule has 1 aromatic rings. The molecule has 0 aromatic carbocycles. The molecule has 1 rings (SSSR count). The fourth-order valence-corrected chi connectivity index (χ4v) is 1.58. The lowest BCUT2D eigenvalue weighted by molar-refractivity contribution is 0.0507. The van der Waals surface area contributed by atoms with E-state index in [9.17, 15) is 13.6 Å². The van der Waals surface area contributed by atoms with Crippen LogP contribution in [0.4, 0.5) is 8.78 Å². The van der Waals surface area contributed by atoms with E-state index < -0.39 is 23.7 Å². The summed E-state index contributed by atoms with van der Waals surface area (Å²) in [4.78, 5) is 15.1. The van der Waals surface area contributed by atoms with Gasteiger partial charge in [-0.25, -0.2) is 18.6 Å². The van der Waals surface area contributed by atoms with E-state index in [1.807, 2.05) is 0 Å². The van der Waals surface area contributed by atoms with Gasteiger partial charge in [-0.15, -0.1) is 11.6 Å². The van der Waals surface area contributed by atoms with Gasteiger partial charge in [0.15, 0.2) is 5.69 Å². The minimum atomic E-state index is -3.00. The number of alkyl halides is 3. The van der Waals surface area contributed by atoms with E-state index in [1.165, 1.54) is 6.92 Å². The van der Waals surface area contributed by atoms with E-state index in [0.29, 0.717) is 0 Å². The number of rotatable bonds is 4. The summed E-state index contributed by atoms with van der Waals surface area (Å²) in [6.45, 7) is 1.57. The largest absolute Gasteiger partial charge is 0.461 e. The number of aromatic nitrogens is 1. The van der Waals surface area contributed by atoms with Gasteiger partial charge in [-0.1, -0.05) is 0 Å². The quantitative estimate of drug-likeness (QED) is 0.625. The van der Waals surface area contributed by atoms with Gasteiger partial charge in [0.1, 0.15) is 6.07 Å². The zero-order valence-electron chi connectivity index (χ0n) is 9.41. The average molecular weight is 275 g/mol. The van der Waals surface area contributed by atoms with Crippen LogP contribution in [0.2, 0.25) is 0 Å². The Hall–Kier alpha value is -1.74. The summed E-state index contributed by atoms with van der Waals surface area (Å²) in [5, 5.41) is 8.89. The summed E-state index contributed by atoms with van der Waals surface area (Å²) in [5.74, 6) is -1.12. The Morgan fingerprint density at radius 2 is 2.33 bits per heavy atom. The van der Waals surface area contributed by atoms with Crippen LogP contribution in [-0.4, -0.2) is 17.6 Å². The molecule has 4 nitrogen and oxygen atoms in total. The summed E-state index contributed by atoms with van der Waals surface area (Å²) in [6.07, 6.45) is -1.88. The molecule has 0 saturated carbocycles. The van der Waals surface area contributed by atoms with Crippen molar-refractivity contribution in [3.63, 3.8) is 0 Å². The van der Waals surface area contributed by atoms with E-state index in [-0.39, 0.29) is 23.6 Å². The van der Waals surface area contributed by atoms with Gasteiger partial charge >= 0.3 is 5.97 Å². The van der Waals surface area contributed by atoms with Crippen LogP contribution < -0.4 is 0 Å². The molecule has 0 atom stereocenters. The van der Waals surface area contributed by atoms with Crippen molar-refractivity contribution >= 4 is 17.6 Å². The van der Waals surface area contributed by atoms with Crippen molar-refractivity contribution in [2.45, 2.75) is 19.2 Å². The van der Waals surface area contributed by atoms with Crippen LogP contribution in [0.1, 0.15) is 40.5 Å². The molecular formula is C11H9ClF2N2O2. The molecule has 18 heavy (non-hydrogen) atoms. The maximum Gasteiger partial charge on any atom is 0.357 e. The predicted octanol–water partition coefficient (Wildman–Crippen LogP) is 2.81. The lowest BCUT2D eigenvalue weighted by Gasteiger charge is -2.11. The minimum absolute atomic E-state index is 0.0301. The van der Waals surface area contributed by atoms with Crippen LogP contribution >= 0.6 is 11.6 Å². The Balaban J connectivity index is 3.45. The van der Waals surface area contributed by atoms with Gasteiger partial charge < -0.3 is 4.74 Å². The van der Waals surface area contributed by atoms with Gasteiger partial charge in [0.2, 0.25) is 0 Å². The van der Waals surface area contributed by atoms with E-state index in [4.69, 9.17) is 16.9 Å². The molecule has 7 heteroatoms. The fourth-order valence-electron chi connectivity index (χ4n) is 1.38. The summed E-state index contributed by atoms with van der Waals surface area (Å²) in [6, 6.07) is 1.62. The SMILES string of the molecule is CCOC(=O)c1ncc(CCl)c(C#N)c1C(F)F. The third-order valence-electron chi connectivity index (χ3n) is 2.14. The zero-order valence-corrected chi connectivity index (χ0v) is 10.2. The molecule has 0 fully saturated rings. The zero-order chi connectivity index (χ0) is 13.7. The van der Waals surface area contributed by atoms with Crippen molar-refractivity contribution in [3.8, 4) is 6.07 Å². The Labute approximate surface area is 107 Å². The third-order valence-corrected chi connectivity index (χ3v) is 2.43. The van der Waals surface area contributed by atoms with Crippen molar-refractivity contribution in [2.24, 2.45) is 0 Å². The molecule has 1 heterocycles.